The Balaban J connectivity index is 1.77. The molecule has 0 aromatic carbocycles. The van der Waals surface area contributed by atoms with Gasteiger partial charge >= 0.3 is 0 Å². The number of carbonyl (C=O) groups excluding carboxylic acids is 1. The van der Waals surface area contributed by atoms with E-state index in [-0.39, 0.29) is 17.9 Å². The van der Waals surface area contributed by atoms with E-state index in [1.54, 1.807) is 7.11 Å². The molecule has 1 spiro atoms. The Hall–Kier alpha value is -0.650. The Kier molecular flexibility index (Phi) is 6.02. The van der Waals surface area contributed by atoms with E-state index in [0.717, 1.165) is 6.42 Å². The highest BCUT2D eigenvalue weighted by molar-refractivity contribution is 5.83. The van der Waals surface area contributed by atoms with Gasteiger partial charge in [-0.2, -0.15) is 0 Å². The highest BCUT2D eigenvalue weighted by Gasteiger charge is 2.64. The predicted molar refractivity (Wildman–Crippen MR) is 80.2 cm³/mol. The van der Waals surface area contributed by atoms with E-state index in [9.17, 15) is 4.79 Å². The fourth-order valence-electron chi connectivity index (χ4n) is 3.27. The molecule has 0 saturated carbocycles. The fraction of sp³-hybridized carbons (Fsp3) is 0.938. The number of carbonyl (C=O) groups is 1. The summed E-state index contributed by atoms with van der Waals surface area (Å²) in [5, 5.41) is 2.98. The summed E-state index contributed by atoms with van der Waals surface area (Å²) < 4.78 is 16.9. The number of rotatable bonds is 8. The van der Waals surface area contributed by atoms with Crippen LogP contribution in [0.4, 0.5) is 0 Å². The second-order valence-corrected chi connectivity index (χ2v) is 6.30. The minimum Gasteiger partial charge on any atom is -0.378 e. The Morgan fingerprint density at radius 3 is 2.67 bits per heavy atom. The van der Waals surface area contributed by atoms with Crippen LogP contribution < -0.4 is 5.32 Å². The standard InChI is InChI=1S/C16H29NO4/c1-4-5-6-7-8-9-17-15(18)14-16(11-21-16)13(19-3)12(2)10-20-14/h12-14H,4-11H2,1-3H3,(H,17,18)/t12-,13-,14-,16-/m0/s1. The maximum Gasteiger partial charge on any atom is 0.252 e. The van der Waals surface area contributed by atoms with Gasteiger partial charge < -0.3 is 19.5 Å². The molecule has 21 heavy (non-hydrogen) atoms. The van der Waals surface area contributed by atoms with Crippen LogP contribution in [0.1, 0.15) is 46.0 Å². The van der Waals surface area contributed by atoms with Crippen molar-refractivity contribution in [3.8, 4) is 0 Å². The summed E-state index contributed by atoms with van der Waals surface area (Å²) in [6, 6.07) is 0. The number of nitrogens with one attached hydrogen (secondary N) is 1. The van der Waals surface area contributed by atoms with Crippen molar-refractivity contribution in [3.05, 3.63) is 0 Å². The van der Waals surface area contributed by atoms with Crippen LogP contribution in [0.3, 0.4) is 0 Å². The maximum atomic E-state index is 12.3. The first-order valence-corrected chi connectivity index (χ1v) is 8.21. The SMILES string of the molecule is CCCCCCCNC(=O)[C@@H]1OC[C@H](C)[C@H](OC)[C@@]12CO2. The summed E-state index contributed by atoms with van der Waals surface area (Å²) in [7, 11) is 1.68. The highest BCUT2D eigenvalue weighted by atomic mass is 16.7. The van der Waals surface area contributed by atoms with Gasteiger partial charge in [0.1, 0.15) is 0 Å². The van der Waals surface area contributed by atoms with E-state index in [4.69, 9.17) is 14.2 Å². The molecule has 2 fully saturated rings. The molecule has 2 aliphatic heterocycles. The van der Waals surface area contributed by atoms with Gasteiger partial charge in [-0.05, 0) is 6.42 Å². The van der Waals surface area contributed by atoms with Gasteiger partial charge in [-0.25, -0.2) is 0 Å². The zero-order valence-corrected chi connectivity index (χ0v) is 13.5. The van der Waals surface area contributed by atoms with Gasteiger partial charge in [-0.3, -0.25) is 4.79 Å². The molecule has 2 aliphatic rings. The minimum atomic E-state index is -0.557. The number of unbranched alkanes of at least 4 members (excludes halogenated alkanes) is 4. The van der Waals surface area contributed by atoms with E-state index in [2.05, 4.69) is 19.2 Å². The lowest BCUT2D eigenvalue weighted by Gasteiger charge is -2.38. The lowest BCUT2D eigenvalue weighted by Crippen LogP contribution is -2.58. The van der Waals surface area contributed by atoms with Crippen molar-refractivity contribution >= 4 is 5.91 Å². The quantitative estimate of drug-likeness (QED) is 0.549. The number of ether oxygens (including phenoxy) is 3. The summed E-state index contributed by atoms with van der Waals surface area (Å²) >= 11 is 0. The Morgan fingerprint density at radius 2 is 2.05 bits per heavy atom. The van der Waals surface area contributed by atoms with E-state index in [0.29, 0.717) is 19.8 Å². The number of epoxide rings is 1. The zero-order valence-electron chi connectivity index (χ0n) is 13.5. The molecule has 5 nitrogen and oxygen atoms in total. The lowest BCUT2D eigenvalue weighted by atomic mass is 9.85. The molecule has 2 heterocycles. The Labute approximate surface area is 127 Å². The second kappa shape index (κ2) is 7.56. The van der Waals surface area contributed by atoms with Gasteiger partial charge in [0.15, 0.2) is 11.7 Å². The van der Waals surface area contributed by atoms with Crippen molar-refractivity contribution in [1.29, 1.82) is 0 Å². The zero-order chi connectivity index (χ0) is 15.3. The van der Waals surface area contributed by atoms with Gasteiger partial charge in [0.2, 0.25) is 0 Å². The molecule has 1 amide bonds. The number of hydrogen-bond donors (Lipinski definition) is 1. The monoisotopic (exact) mass is 299 g/mol. The summed E-state index contributed by atoms with van der Waals surface area (Å²) in [5.41, 5.74) is -0.557. The van der Waals surface area contributed by atoms with Gasteiger partial charge in [-0.15, -0.1) is 0 Å². The van der Waals surface area contributed by atoms with Crippen molar-refractivity contribution in [2.45, 2.75) is 63.8 Å². The first kappa shape index (κ1) is 16.7. The molecule has 0 unspecified atom stereocenters. The van der Waals surface area contributed by atoms with Gasteiger partial charge in [-0.1, -0.05) is 39.5 Å². The average Bonchev–Trinajstić information content (AvgIpc) is 3.24. The summed E-state index contributed by atoms with van der Waals surface area (Å²) in [4.78, 5) is 12.3. The molecular formula is C16H29NO4. The van der Waals surface area contributed by atoms with Gasteiger partial charge in [0, 0.05) is 19.6 Å². The first-order valence-electron chi connectivity index (χ1n) is 8.21. The topological polar surface area (TPSA) is 60.1 Å². The number of hydrogen-bond acceptors (Lipinski definition) is 4. The molecule has 0 aliphatic carbocycles. The van der Waals surface area contributed by atoms with Crippen LogP contribution in [0.5, 0.6) is 0 Å². The molecule has 1 N–H and O–H groups in total. The summed E-state index contributed by atoms with van der Waals surface area (Å²) in [5.74, 6) is 0.188. The molecule has 122 valence electrons. The third-order valence-corrected chi connectivity index (χ3v) is 4.52. The minimum absolute atomic E-state index is 0.0584. The van der Waals surface area contributed by atoms with E-state index >= 15 is 0 Å². The van der Waals surface area contributed by atoms with Crippen LogP contribution in [-0.2, 0) is 19.0 Å². The maximum absolute atomic E-state index is 12.3. The van der Waals surface area contributed by atoms with Crippen LogP contribution in [-0.4, -0.2) is 50.6 Å². The molecule has 2 rings (SSSR count). The Morgan fingerprint density at radius 1 is 1.33 bits per heavy atom. The molecule has 2 saturated heterocycles. The van der Waals surface area contributed by atoms with Gasteiger partial charge in [0.25, 0.3) is 5.91 Å². The molecule has 4 atom stereocenters. The number of amides is 1. The summed E-state index contributed by atoms with van der Waals surface area (Å²) in [6.07, 6.45) is 5.33. The van der Waals surface area contributed by atoms with E-state index < -0.39 is 11.7 Å². The second-order valence-electron chi connectivity index (χ2n) is 6.30. The third kappa shape index (κ3) is 3.76. The van der Waals surface area contributed by atoms with Crippen molar-refractivity contribution in [2.24, 2.45) is 5.92 Å². The average molecular weight is 299 g/mol. The van der Waals surface area contributed by atoms with Crippen LogP contribution in [0.15, 0.2) is 0 Å². The third-order valence-electron chi connectivity index (χ3n) is 4.52. The number of methoxy groups -OCH3 is 1. The molecule has 5 heteroatoms. The van der Waals surface area contributed by atoms with Crippen molar-refractivity contribution in [2.75, 3.05) is 26.9 Å². The van der Waals surface area contributed by atoms with Crippen molar-refractivity contribution in [3.63, 3.8) is 0 Å². The normalized spacial score (nSPS) is 34.9. The molecule has 0 aromatic heterocycles. The van der Waals surface area contributed by atoms with Crippen molar-refractivity contribution < 1.29 is 19.0 Å². The largest absolute Gasteiger partial charge is 0.378 e. The van der Waals surface area contributed by atoms with Crippen LogP contribution in [0.25, 0.3) is 0 Å². The smallest absolute Gasteiger partial charge is 0.252 e. The first-order chi connectivity index (χ1) is 10.2. The molecule has 0 radical (unpaired) electrons. The van der Waals surface area contributed by atoms with Gasteiger partial charge in [0.05, 0.1) is 19.3 Å². The molecular weight excluding hydrogens is 270 g/mol. The van der Waals surface area contributed by atoms with Crippen LogP contribution in [0, 0.1) is 5.92 Å². The highest BCUT2D eigenvalue weighted by Crippen LogP contribution is 2.44. The fourth-order valence-corrected chi connectivity index (χ4v) is 3.27. The van der Waals surface area contributed by atoms with Crippen molar-refractivity contribution in [1.82, 2.24) is 5.32 Å². The Bertz CT molecular complexity index is 343. The van der Waals surface area contributed by atoms with E-state index in [1.807, 2.05) is 0 Å². The lowest BCUT2D eigenvalue weighted by molar-refractivity contribution is -0.167. The molecule has 0 aromatic rings. The van der Waals surface area contributed by atoms with E-state index in [1.165, 1.54) is 25.7 Å². The predicted octanol–water partition coefficient (Wildman–Crippen LogP) is 1.89. The summed E-state index contributed by atoms with van der Waals surface area (Å²) in [6.45, 7) is 6.07. The molecule has 0 bridgehead atoms. The van der Waals surface area contributed by atoms with Crippen LogP contribution >= 0.6 is 0 Å². The van der Waals surface area contributed by atoms with Crippen LogP contribution in [0.2, 0.25) is 0 Å².